The number of carboxylic acids is 1. The van der Waals surface area contributed by atoms with Gasteiger partial charge in [-0.05, 0) is 26.0 Å². The van der Waals surface area contributed by atoms with Gasteiger partial charge in [0.1, 0.15) is 11.4 Å². The van der Waals surface area contributed by atoms with Crippen LogP contribution in [0.15, 0.2) is 24.5 Å². The quantitative estimate of drug-likeness (QED) is 0.869. The summed E-state index contributed by atoms with van der Waals surface area (Å²) in [6.45, 7) is 4.04. The fraction of sp³-hybridized carbons (Fsp3) is 0.231. The molecule has 0 aliphatic rings. The molecule has 2 heterocycles. The lowest BCUT2D eigenvalue weighted by atomic mass is 10.2. The number of carbonyl (C=O) groups is 1. The molecule has 0 radical (unpaired) electrons. The predicted molar refractivity (Wildman–Crippen MR) is 70.0 cm³/mol. The van der Waals surface area contributed by atoms with Gasteiger partial charge in [-0.15, -0.1) is 0 Å². The van der Waals surface area contributed by atoms with Crippen LogP contribution in [0.5, 0.6) is 0 Å². The van der Waals surface area contributed by atoms with Crippen LogP contribution >= 0.6 is 0 Å². The van der Waals surface area contributed by atoms with Gasteiger partial charge in [-0.1, -0.05) is 0 Å². The van der Waals surface area contributed by atoms with E-state index in [-0.39, 0.29) is 5.56 Å². The monoisotopic (exact) mass is 258 g/mol. The summed E-state index contributed by atoms with van der Waals surface area (Å²) >= 11 is 0. The summed E-state index contributed by atoms with van der Waals surface area (Å²) in [7, 11) is 0. The van der Waals surface area contributed by atoms with Crippen LogP contribution in [-0.2, 0) is 6.54 Å². The lowest BCUT2D eigenvalue weighted by Crippen LogP contribution is -2.10. The molecule has 0 aromatic carbocycles. The normalized spacial score (nSPS) is 10.2. The molecule has 98 valence electrons. The summed E-state index contributed by atoms with van der Waals surface area (Å²) in [5.41, 5.74) is 2.46. The van der Waals surface area contributed by atoms with E-state index >= 15 is 0 Å². The maximum atomic E-state index is 11.1. The molecule has 0 spiro atoms. The topological polar surface area (TPSA) is 88.0 Å². The molecule has 0 atom stereocenters. The molecule has 6 nitrogen and oxygen atoms in total. The number of pyridine rings is 1. The van der Waals surface area contributed by atoms with Gasteiger partial charge in [-0.3, -0.25) is 9.97 Å². The molecule has 0 unspecified atom stereocenters. The van der Waals surface area contributed by atoms with Gasteiger partial charge >= 0.3 is 5.97 Å². The number of hydrogen-bond acceptors (Lipinski definition) is 5. The second-order valence-corrected chi connectivity index (χ2v) is 4.16. The van der Waals surface area contributed by atoms with Crippen molar-refractivity contribution >= 4 is 11.8 Å². The van der Waals surface area contributed by atoms with Gasteiger partial charge in [-0.2, -0.15) is 0 Å². The first-order valence-electron chi connectivity index (χ1n) is 5.78. The lowest BCUT2D eigenvalue weighted by molar-refractivity contribution is 0.0697. The van der Waals surface area contributed by atoms with Gasteiger partial charge < -0.3 is 10.4 Å². The van der Waals surface area contributed by atoms with Gasteiger partial charge in [0.2, 0.25) is 0 Å². The Morgan fingerprint density at radius 3 is 2.63 bits per heavy atom. The predicted octanol–water partition coefficient (Wildman–Crippen LogP) is 1.80. The van der Waals surface area contributed by atoms with Crippen LogP contribution in [0.4, 0.5) is 5.82 Å². The van der Waals surface area contributed by atoms with E-state index in [9.17, 15) is 4.79 Å². The highest BCUT2D eigenvalue weighted by Gasteiger charge is 2.11. The van der Waals surface area contributed by atoms with Gasteiger partial charge in [0, 0.05) is 11.9 Å². The molecule has 0 aliphatic carbocycles. The van der Waals surface area contributed by atoms with Crippen molar-refractivity contribution in [3.8, 4) is 0 Å². The van der Waals surface area contributed by atoms with E-state index in [0.29, 0.717) is 12.4 Å². The van der Waals surface area contributed by atoms with Crippen molar-refractivity contribution < 1.29 is 9.90 Å². The molecule has 0 saturated heterocycles. The summed E-state index contributed by atoms with van der Waals surface area (Å²) in [5, 5.41) is 12.1. The highest BCUT2D eigenvalue weighted by molar-refractivity contribution is 5.93. The van der Waals surface area contributed by atoms with Crippen molar-refractivity contribution in [1.82, 2.24) is 15.0 Å². The fourth-order valence-electron chi connectivity index (χ4n) is 1.55. The Hall–Kier alpha value is -2.50. The van der Waals surface area contributed by atoms with Crippen molar-refractivity contribution in [2.24, 2.45) is 0 Å². The smallest absolute Gasteiger partial charge is 0.339 e. The minimum atomic E-state index is -1.01. The second kappa shape index (κ2) is 5.43. The number of carboxylic acid groups (broad SMARTS) is 1. The van der Waals surface area contributed by atoms with Crippen LogP contribution in [0.2, 0.25) is 0 Å². The van der Waals surface area contributed by atoms with E-state index in [0.717, 1.165) is 17.1 Å². The molecule has 2 N–H and O–H groups in total. The third kappa shape index (κ3) is 3.25. The largest absolute Gasteiger partial charge is 0.478 e. The number of nitrogens with zero attached hydrogens (tertiary/aromatic N) is 3. The molecular weight excluding hydrogens is 244 g/mol. The van der Waals surface area contributed by atoms with E-state index in [1.54, 1.807) is 18.5 Å². The highest BCUT2D eigenvalue weighted by atomic mass is 16.4. The Morgan fingerprint density at radius 2 is 2.00 bits per heavy atom. The van der Waals surface area contributed by atoms with Gasteiger partial charge in [0.05, 0.1) is 24.1 Å². The van der Waals surface area contributed by atoms with Crippen LogP contribution in [0.3, 0.4) is 0 Å². The molecule has 0 fully saturated rings. The maximum Gasteiger partial charge on any atom is 0.339 e. The molecule has 0 aliphatic heterocycles. The third-order valence-electron chi connectivity index (χ3n) is 2.54. The molecule has 0 saturated carbocycles. The maximum absolute atomic E-state index is 11.1. The van der Waals surface area contributed by atoms with Crippen LogP contribution < -0.4 is 5.32 Å². The standard InChI is InChI=1S/C13H14N4O2/c1-8-3-4-11(13(18)19)12(17-8)16-7-10-6-14-9(2)5-15-10/h3-6H,7H2,1-2H3,(H,16,17)(H,18,19). The van der Waals surface area contributed by atoms with Gasteiger partial charge in [-0.25, -0.2) is 9.78 Å². The molecule has 2 rings (SSSR count). The minimum absolute atomic E-state index is 0.144. The van der Waals surface area contributed by atoms with Crippen LogP contribution in [0.1, 0.15) is 27.4 Å². The minimum Gasteiger partial charge on any atom is -0.478 e. The van der Waals surface area contributed by atoms with Crippen molar-refractivity contribution in [3.05, 3.63) is 47.2 Å². The van der Waals surface area contributed by atoms with E-state index in [2.05, 4.69) is 20.3 Å². The molecule has 0 bridgehead atoms. The summed E-state index contributed by atoms with van der Waals surface area (Å²) in [6, 6.07) is 3.20. The van der Waals surface area contributed by atoms with E-state index in [1.165, 1.54) is 6.07 Å². The third-order valence-corrected chi connectivity index (χ3v) is 2.54. The fourth-order valence-corrected chi connectivity index (χ4v) is 1.55. The summed E-state index contributed by atoms with van der Waals surface area (Å²) in [4.78, 5) is 23.6. The van der Waals surface area contributed by atoms with E-state index < -0.39 is 5.97 Å². The second-order valence-electron chi connectivity index (χ2n) is 4.16. The summed E-state index contributed by atoms with van der Waals surface area (Å²) in [6.07, 6.45) is 3.32. The first-order valence-corrected chi connectivity index (χ1v) is 5.78. The van der Waals surface area contributed by atoms with E-state index in [4.69, 9.17) is 5.11 Å². The highest BCUT2D eigenvalue weighted by Crippen LogP contribution is 2.14. The number of hydrogen-bond donors (Lipinski definition) is 2. The molecule has 0 amide bonds. The Balaban J connectivity index is 2.16. The summed E-state index contributed by atoms with van der Waals surface area (Å²) < 4.78 is 0. The lowest BCUT2D eigenvalue weighted by Gasteiger charge is -2.09. The average molecular weight is 258 g/mol. The summed E-state index contributed by atoms with van der Waals surface area (Å²) in [5.74, 6) is -0.667. The molecular formula is C13H14N4O2. The number of rotatable bonds is 4. The Kier molecular flexibility index (Phi) is 3.70. The van der Waals surface area contributed by atoms with E-state index in [1.807, 2.05) is 13.8 Å². The first-order chi connectivity index (χ1) is 9.06. The SMILES string of the molecule is Cc1cnc(CNc2nc(C)ccc2C(=O)O)cn1. The number of nitrogens with one attached hydrogen (secondary N) is 1. The zero-order valence-electron chi connectivity index (χ0n) is 10.7. The van der Waals surface area contributed by atoms with Gasteiger partial charge in [0.15, 0.2) is 0 Å². The molecule has 19 heavy (non-hydrogen) atoms. The molecule has 6 heteroatoms. The van der Waals surface area contributed by atoms with Crippen molar-refractivity contribution in [2.75, 3.05) is 5.32 Å². The van der Waals surface area contributed by atoms with Crippen LogP contribution in [-0.4, -0.2) is 26.0 Å². The van der Waals surface area contributed by atoms with Crippen molar-refractivity contribution in [3.63, 3.8) is 0 Å². The van der Waals surface area contributed by atoms with Crippen molar-refractivity contribution in [1.29, 1.82) is 0 Å². The number of aromatic nitrogens is 3. The van der Waals surface area contributed by atoms with Crippen molar-refractivity contribution in [2.45, 2.75) is 20.4 Å². The van der Waals surface area contributed by atoms with Crippen LogP contribution in [0, 0.1) is 13.8 Å². The molecule has 2 aromatic rings. The zero-order valence-corrected chi connectivity index (χ0v) is 10.7. The Bertz CT molecular complexity index is 596. The van der Waals surface area contributed by atoms with Gasteiger partial charge in [0.25, 0.3) is 0 Å². The Morgan fingerprint density at radius 1 is 1.21 bits per heavy atom. The average Bonchev–Trinajstić information content (AvgIpc) is 2.38. The van der Waals surface area contributed by atoms with Crippen LogP contribution in [0.25, 0.3) is 0 Å². The number of aromatic carboxylic acids is 1. The molecule has 2 aromatic heterocycles. The number of anilines is 1. The zero-order chi connectivity index (χ0) is 13.8. The Labute approximate surface area is 110 Å². The first kappa shape index (κ1) is 12.9. The number of aryl methyl sites for hydroxylation is 2.